The summed E-state index contributed by atoms with van der Waals surface area (Å²) in [6.07, 6.45) is 1.22. The quantitative estimate of drug-likeness (QED) is 0.394. The van der Waals surface area contributed by atoms with Crippen molar-refractivity contribution in [3.63, 3.8) is 0 Å². The zero-order valence-electron chi connectivity index (χ0n) is 8.72. The highest BCUT2D eigenvalue weighted by molar-refractivity contribution is 6.29. The minimum atomic E-state index is -0.670. The summed E-state index contributed by atoms with van der Waals surface area (Å²) in [4.78, 5) is 22.6. The molecule has 92 valence electrons. The Morgan fingerprint density at radius 3 is 3.00 bits per heavy atom. The number of nitrogens with two attached hydrogens (primary N) is 2. The number of nitrogen functional groups attached to an aromatic ring is 1. The number of aliphatic imine (C=N–C) groups is 1. The number of aromatic nitrogens is 2. The van der Waals surface area contributed by atoms with Crippen molar-refractivity contribution in [2.75, 3.05) is 18.9 Å². The van der Waals surface area contributed by atoms with Crippen LogP contribution in [0.4, 0.5) is 5.82 Å². The lowest BCUT2D eigenvalue weighted by molar-refractivity contribution is 0.0972. The Hall–Kier alpha value is -1.93. The van der Waals surface area contributed by atoms with Crippen molar-refractivity contribution in [2.45, 2.75) is 0 Å². The van der Waals surface area contributed by atoms with Gasteiger partial charge in [0.15, 0.2) is 17.5 Å². The van der Waals surface area contributed by atoms with Gasteiger partial charge >= 0.3 is 0 Å². The highest BCUT2D eigenvalue weighted by Gasteiger charge is 2.14. The van der Waals surface area contributed by atoms with Crippen LogP contribution in [0.15, 0.2) is 11.2 Å². The van der Waals surface area contributed by atoms with Crippen LogP contribution in [-0.2, 0) is 0 Å². The fourth-order valence-electron chi connectivity index (χ4n) is 0.929. The van der Waals surface area contributed by atoms with Crippen LogP contribution in [0.25, 0.3) is 0 Å². The van der Waals surface area contributed by atoms with E-state index in [9.17, 15) is 4.79 Å². The molecule has 1 amide bonds. The minimum absolute atomic E-state index is 0.0372. The number of nitrogens with zero attached hydrogens (tertiary/aromatic N) is 3. The largest absolute Gasteiger partial charge is 0.394 e. The number of halogens is 1. The first-order valence-corrected chi connectivity index (χ1v) is 4.92. The molecule has 0 radical (unpaired) electrons. The number of rotatable bonds is 3. The van der Waals surface area contributed by atoms with E-state index >= 15 is 0 Å². The highest BCUT2D eigenvalue weighted by atomic mass is 35.5. The molecular formula is C8H11ClN6O2. The Bertz CT molecular complexity index is 450. The van der Waals surface area contributed by atoms with E-state index in [1.54, 1.807) is 0 Å². The third kappa shape index (κ3) is 3.85. The zero-order valence-corrected chi connectivity index (χ0v) is 9.48. The fourth-order valence-corrected chi connectivity index (χ4v) is 1.06. The van der Waals surface area contributed by atoms with Gasteiger partial charge in [0.05, 0.1) is 19.3 Å². The van der Waals surface area contributed by atoms with Crippen molar-refractivity contribution in [3.8, 4) is 0 Å². The zero-order chi connectivity index (χ0) is 12.8. The van der Waals surface area contributed by atoms with Gasteiger partial charge in [0.1, 0.15) is 5.15 Å². The standard InChI is InChI=1S/C8H11ClN6O2/c9-4-3-13-6(10)5(14-4)7(17)15-8(11)12-1-2-16/h3,16H,1-2H2,(H2,10,13)(H3,11,12,15,17). The first-order valence-electron chi connectivity index (χ1n) is 4.54. The van der Waals surface area contributed by atoms with E-state index in [0.717, 1.165) is 0 Å². The molecular weight excluding hydrogens is 248 g/mol. The number of aliphatic hydroxyl groups is 1. The van der Waals surface area contributed by atoms with Gasteiger partial charge in [0.25, 0.3) is 5.91 Å². The van der Waals surface area contributed by atoms with Crippen molar-refractivity contribution in [1.82, 2.24) is 15.3 Å². The molecule has 1 rings (SSSR count). The summed E-state index contributed by atoms with van der Waals surface area (Å²) in [5.74, 6) is -0.885. The molecule has 0 atom stereocenters. The van der Waals surface area contributed by atoms with Gasteiger partial charge in [0.2, 0.25) is 0 Å². The van der Waals surface area contributed by atoms with Crippen LogP contribution >= 0.6 is 11.6 Å². The number of nitrogens with one attached hydrogen (secondary N) is 1. The fraction of sp³-hybridized carbons (Fsp3) is 0.250. The first-order chi connectivity index (χ1) is 8.04. The molecule has 1 aromatic heterocycles. The van der Waals surface area contributed by atoms with Crippen LogP contribution < -0.4 is 16.8 Å². The maximum Gasteiger partial charge on any atom is 0.280 e. The summed E-state index contributed by atoms with van der Waals surface area (Å²) in [7, 11) is 0. The van der Waals surface area contributed by atoms with Crippen molar-refractivity contribution in [3.05, 3.63) is 17.0 Å². The van der Waals surface area contributed by atoms with Crippen molar-refractivity contribution >= 4 is 29.3 Å². The molecule has 0 aromatic carbocycles. The molecule has 0 aliphatic rings. The van der Waals surface area contributed by atoms with Crippen LogP contribution in [0, 0.1) is 0 Å². The molecule has 6 N–H and O–H groups in total. The lowest BCUT2D eigenvalue weighted by atomic mass is 10.4. The summed E-state index contributed by atoms with van der Waals surface area (Å²) >= 11 is 5.58. The van der Waals surface area contributed by atoms with Gasteiger partial charge in [-0.25, -0.2) is 9.97 Å². The van der Waals surface area contributed by atoms with E-state index in [1.807, 2.05) is 0 Å². The molecule has 0 aliphatic heterocycles. The van der Waals surface area contributed by atoms with Crippen LogP contribution in [-0.4, -0.2) is 40.1 Å². The van der Waals surface area contributed by atoms with Crippen LogP contribution in [0.1, 0.15) is 10.5 Å². The predicted octanol–water partition coefficient (Wildman–Crippen LogP) is -1.25. The number of aliphatic hydroxyl groups excluding tert-OH is 1. The number of carbonyl (C=O) groups is 1. The average molecular weight is 259 g/mol. The number of amides is 1. The Balaban J connectivity index is 2.79. The van der Waals surface area contributed by atoms with Gasteiger partial charge in [-0.3, -0.25) is 15.1 Å². The highest BCUT2D eigenvalue weighted by Crippen LogP contribution is 2.09. The topological polar surface area (TPSA) is 140 Å². The van der Waals surface area contributed by atoms with Crippen LogP contribution in [0.3, 0.4) is 0 Å². The van der Waals surface area contributed by atoms with Gasteiger partial charge < -0.3 is 16.6 Å². The molecule has 1 heterocycles. The number of anilines is 1. The molecule has 0 aliphatic carbocycles. The van der Waals surface area contributed by atoms with Gasteiger partial charge in [0, 0.05) is 0 Å². The number of hydrogen-bond donors (Lipinski definition) is 4. The van der Waals surface area contributed by atoms with Crippen molar-refractivity contribution in [1.29, 1.82) is 0 Å². The molecule has 9 heteroatoms. The molecule has 8 nitrogen and oxygen atoms in total. The summed E-state index contributed by atoms with van der Waals surface area (Å²) < 4.78 is 0. The second-order valence-electron chi connectivity index (χ2n) is 2.87. The maximum absolute atomic E-state index is 11.6. The molecule has 0 unspecified atom stereocenters. The third-order valence-electron chi connectivity index (χ3n) is 1.61. The average Bonchev–Trinajstić information content (AvgIpc) is 2.29. The van der Waals surface area contributed by atoms with Gasteiger partial charge in [-0.1, -0.05) is 11.6 Å². The second-order valence-corrected chi connectivity index (χ2v) is 3.26. The van der Waals surface area contributed by atoms with Crippen LogP contribution in [0.2, 0.25) is 5.15 Å². The Morgan fingerprint density at radius 2 is 2.35 bits per heavy atom. The molecule has 0 bridgehead atoms. The summed E-state index contributed by atoms with van der Waals surface area (Å²) in [6.45, 7) is -0.0848. The molecule has 0 spiro atoms. The van der Waals surface area contributed by atoms with Gasteiger partial charge in [-0.05, 0) is 0 Å². The Morgan fingerprint density at radius 1 is 1.65 bits per heavy atom. The van der Waals surface area contributed by atoms with E-state index in [-0.39, 0.29) is 35.8 Å². The van der Waals surface area contributed by atoms with Crippen molar-refractivity contribution in [2.24, 2.45) is 10.7 Å². The number of hydrogen-bond acceptors (Lipinski definition) is 6. The summed E-state index contributed by atoms with van der Waals surface area (Å²) in [5, 5.41) is 10.8. The maximum atomic E-state index is 11.6. The first kappa shape index (κ1) is 13.1. The van der Waals surface area contributed by atoms with E-state index in [4.69, 9.17) is 28.2 Å². The SMILES string of the molecule is NC(=NCCO)NC(=O)c1nc(Cl)cnc1N. The van der Waals surface area contributed by atoms with E-state index in [2.05, 4.69) is 20.3 Å². The molecule has 0 saturated heterocycles. The number of guanidine groups is 1. The molecule has 0 saturated carbocycles. The van der Waals surface area contributed by atoms with Crippen molar-refractivity contribution < 1.29 is 9.90 Å². The molecule has 17 heavy (non-hydrogen) atoms. The lowest BCUT2D eigenvalue weighted by Crippen LogP contribution is -2.38. The van der Waals surface area contributed by atoms with E-state index < -0.39 is 5.91 Å². The smallest absolute Gasteiger partial charge is 0.280 e. The number of carbonyl (C=O) groups excluding carboxylic acids is 1. The van der Waals surface area contributed by atoms with Gasteiger partial charge in [-0.15, -0.1) is 0 Å². The normalized spacial score (nSPS) is 11.3. The molecule has 1 aromatic rings. The summed E-state index contributed by atoms with van der Waals surface area (Å²) in [5.41, 5.74) is 10.7. The van der Waals surface area contributed by atoms with Crippen LogP contribution in [0.5, 0.6) is 0 Å². The third-order valence-corrected chi connectivity index (χ3v) is 1.79. The van der Waals surface area contributed by atoms with E-state index in [1.165, 1.54) is 6.20 Å². The monoisotopic (exact) mass is 258 g/mol. The van der Waals surface area contributed by atoms with Gasteiger partial charge in [-0.2, -0.15) is 0 Å². The Kier molecular flexibility index (Phi) is 4.61. The van der Waals surface area contributed by atoms with E-state index in [0.29, 0.717) is 0 Å². The Labute approximate surface area is 102 Å². The summed E-state index contributed by atoms with van der Waals surface area (Å²) in [6, 6.07) is 0. The predicted molar refractivity (Wildman–Crippen MR) is 62.5 cm³/mol. The lowest BCUT2D eigenvalue weighted by Gasteiger charge is -2.05. The minimum Gasteiger partial charge on any atom is -0.394 e. The second kappa shape index (κ2) is 5.97. The molecule has 0 fully saturated rings.